The molecule has 3 rings (SSSR count). The number of rotatable bonds is 4. The standard InChI is InChI=1S/C20H24ClN3O2/c1-3-23(4-2)19(25)14-7-10-24(11-8-14)20(26)17-13-16(21)12-15-6-5-9-22-18(15)17/h5-6,9,12-14H,3-4,7-8,10-11H2,1-2H3. The molecule has 1 aliphatic rings. The number of fused-ring (bicyclic) bond motifs is 1. The second-order valence-electron chi connectivity index (χ2n) is 6.61. The van der Waals surface area contributed by atoms with Crippen LogP contribution in [-0.4, -0.2) is 52.8 Å². The molecule has 138 valence electrons. The summed E-state index contributed by atoms with van der Waals surface area (Å²) in [4.78, 5) is 33.6. The van der Waals surface area contributed by atoms with Crippen LogP contribution in [0.25, 0.3) is 10.9 Å². The second-order valence-corrected chi connectivity index (χ2v) is 7.04. The van der Waals surface area contributed by atoms with Crippen molar-refractivity contribution in [3.05, 3.63) is 41.0 Å². The summed E-state index contributed by atoms with van der Waals surface area (Å²) >= 11 is 6.19. The minimum Gasteiger partial charge on any atom is -0.343 e. The van der Waals surface area contributed by atoms with Crippen molar-refractivity contribution in [2.45, 2.75) is 26.7 Å². The highest BCUT2D eigenvalue weighted by Gasteiger charge is 2.30. The lowest BCUT2D eigenvalue weighted by Gasteiger charge is -2.34. The van der Waals surface area contributed by atoms with Crippen LogP contribution in [0.4, 0.5) is 0 Å². The van der Waals surface area contributed by atoms with Gasteiger partial charge in [0, 0.05) is 48.7 Å². The number of hydrogen-bond donors (Lipinski definition) is 0. The predicted molar refractivity (Wildman–Crippen MR) is 103 cm³/mol. The molecule has 26 heavy (non-hydrogen) atoms. The molecule has 0 N–H and O–H groups in total. The Labute approximate surface area is 158 Å². The molecular formula is C20H24ClN3O2. The normalized spacial score (nSPS) is 15.3. The van der Waals surface area contributed by atoms with E-state index in [1.54, 1.807) is 12.3 Å². The van der Waals surface area contributed by atoms with Crippen molar-refractivity contribution >= 4 is 34.3 Å². The monoisotopic (exact) mass is 373 g/mol. The number of likely N-dealkylation sites (tertiary alicyclic amines) is 1. The van der Waals surface area contributed by atoms with Gasteiger partial charge < -0.3 is 9.80 Å². The number of carbonyl (C=O) groups is 2. The molecule has 1 aromatic heterocycles. The number of amides is 2. The van der Waals surface area contributed by atoms with Gasteiger partial charge in [0.05, 0.1) is 11.1 Å². The van der Waals surface area contributed by atoms with Crippen LogP contribution in [0.15, 0.2) is 30.5 Å². The molecule has 1 fully saturated rings. The third kappa shape index (κ3) is 3.68. The van der Waals surface area contributed by atoms with Gasteiger partial charge in [-0.25, -0.2) is 0 Å². The maximum absolute atomic E-state index is 13.0. The minimum absolute atomic E-state index is 0.00757. The van der Waals surface area contributed by atoms with E-state index in [4.69, 9.17) is 11.6 Å². The SMILES string of the molecule is CCN(CC)C(=O)C1CCN(C(=O)c2cc(Cl)cc3cccnc23)CC1. The molecule has 0 saturated carbocycles. The summed E-state index contributed by atoms with van der Waals surface area (Å²) in [5.41, 5.74) is 1.20. The zero-order valence-electron chi connectivity index (χ0n) is 15.2. The van der Waals surface area contributed by atoms with Crippen molar-refractivity contribution in [2.24, 2.45) is 5.92 Å². The molecule has 0 aliphatic carbocycles. The Bertz CT molecular complexity index is 812. The van der Waals surface area contributed by atoms with Gasteiger partial charge in [-0.2, -0.15) is 0 Å². The topological polar surface area (TPSA) is 53.5 Å². The zero-order valence-corrected chi connectivity index (χ0v) is 16.0. The highest BCUT2D eigenvalue weighted by molar-refractivity contribution is 6.32. The Balaban J connectivity index is 1.74. The molecule has 5 nitrogen and oxygen atoms in total. The van der Waals surface area contributed by atoms with E-state index >= 15 is 0 Å². The number of hydrogen-bond acceptors (Lipinski definition) is 3. The molecule has 0 atom stereocenters. The average molecular weight is 374 g/mol. The van der Waals surface area contributed by atoms with Crippen LogP contribution in [0.3, 0.4) is 0 Å². The molecule has 0 spiro atoms. The molecule has 0 bridgehead atoms. The first-order valence-electron chi connectivity index (χ1n) is 9.17. The van der Waals surface area contributed by atoms with E-state index in [0.29, 0.717) is 42.0 Å². The number of pyridine rings is 1. The number of aromatic nitrogens is 1. The minimum atomic E-state index is -0.0649. The zero-order chi connectivity index (χ0) is 18.7. The third-order valence-corrected chi connectivity index (χ3v) is 5.32. The first-order chi connectivity index (χ1) is 12.5. The maximum atomic E-state index is 13.0. The molecule has 1 saturated heterocycles. The van der Waals surface area contributed by atoms with Gasteiger partial charge in [-0.1, -0.05) is 17.7 Å². The third-order valence-electron chi connectivity index (χ3n) is 5.11. The van der Waals surface area contributed by atoms with Gasteiger partial charge in [0.25, 0.3) is 5.91 Å². The number of halogens is 1. The Morgan fingerprint density at radius 2 is 1.92 bits per heavy atom. The fourth-order valence-corrected chi connectivity index (χ4v) is 3.84. The van der Waals surface area contributed by atoms with E-state index in [-0.39, 0.29) is 17.7 Å². The van der Waals surface area contributed by atoms with E-state index in [2.05, 4.69) is 4.98 Å². The largest absolute Gasteiger partial charge is 0.343 e. The van der Waals surface area contributed by atoms with Crippen molar-refractivity contribution in [1.29, 1.82) is 0 Å². The molecule has 0 unspecified atom stereocenters. The van der Waals surface area contributed by atoms with Gasteiger partial charge in [0.1, 0.15) is 0 Å². The predicted octanol–water partition coefficient (Wildman–Crippen LogP) is 3.61. The fourth-order valence-electron chi connectivity index (χ4n) is 3.61. The number of piperidine rings is 1. The van der Waals surface area contributed by atoms with Gasteiger partial charge in [0.15, 0.2) is 0 Å². The summed E-state index contributed by atoms with van der Waals surface area (Å²) in [5, 5.41) is 1.38. The first kappa shape index (κ1) is 18.6. The van der Waals surface area contributed by atoms with Crippen molar-refractivity contribution < 1.29 is 9.59 Å². The number of carbonyl (C=O) groups excluding carboxylic acids is 2. The molecule has 2 aromatic rings. The van der Waals surface area contributed by atoms with Crippen LogP contribution >= 0.6 is 11.6 Å². The fraction of sp³-hybridized carbons (Fsp3) is 0.450. The molecule has 0 radical (unpaired) electrons. The Morgan fingerprint density at radius 3 is 2.58 bits per heavy atom. The van der Waals surface area contributed by atoms with Gasteiger partial charge >= 0.3 is 0 Å². The number of benzene rings is 1. The quantitative estimate of drug-likeness (QED) is 0.822. The Kier molecular flexibility index (Phi) is 5.77. The Morgan fingerprint density at radius 1 is 1.23 bits per heavy atom. The summed E-state index contributed by atoms with van der Waals surface area (Å²) < 4.78 is 0. The van der Waals surface area contributed by atoms with Crippen LogP contribution in [0.5, 0.6) is 0 Å². The van der Waals surface area contributed by atoms with Gasteiger partial charge in [0.2, 0.25) is 5.91 Å². The van der Waals surface area contributed by atoms with E-state index in [0.717, 1.165) is 18.5 Å². The van der Waals surface area contributed by atoms with Crippen molar-refractivity contribution in [3.8, 4) is 0 Å². The summed E-state index contributed by atoms with van der Waals surface area (Å²) in [6, 6.07) is 7.24. The lowest BCUT2D eigenvalue weighted by atomic mass is 9.94. The van der Waals surface area contributed by atoms with Gasteiger partial charge in [-0.3, -0.25) is 14.6 Å². The molecule has 1 aromatic carbocycles. The Hall–Kier alpha value is -2.14. The molecule has 1 aliphatic heterocycles. The van der Waals surface area contributed by atoms with Crippen LogP contribution in [0, 0.1) is 5.92 Å². The average Bonchev–Trinajstić information content (AvgIpc) is 2.67. The highest BCUT2D eigenvalue weighted by atomic mass is 35.5. The number of nitrogens with zero attached hydrogens (tertiary/aromatic N) is 3. The van der Waals surface area contributed by atoms with Crippen molar-refractivity contribution in [3.63, 3.8) is 0 Å². The lowest BCUT2D eigenvalue weighted by Crippen LogP contribution is -2.44. The smallest absolute Gasteiger partial charge is 0.256 e. The van der Waals surface area contributed by atoms with E-state index in [1.807, 2.05) is 41.8 Å². The summed E-state index contributed by atoms with van der Waals surface area (Å²) in [7, 11) is 0. The first-order valence-corrected chi connectivity index (χ1v) is 9.55. The van der Waals surface area contributed by atoms with Gasteiger partial charge in [-0.15, -0.1) is 0 Å². The van der Waals surface area contributed by atoms with Crippen LogP contribution in [0.1, 0.15) is 37.0 Å². The second kappa shape index (κ2) is 8.04. The summed E-state index contributed by atoms with van der Waals surface area (Å²) in [6.45, 7) is 6.62. The molecular weight excluding hydrogens is 350 g/mol. The highest BCUT2D eigenvalue weighted by Crippen LogP contribution is 2.26. The van der Waals surface area contributed by atoms with Crippen LogP contribution in [0.2, 0.25) is 5.02 Å². The van der Waals surface area contributed by atoms with Gasteiger partial charge in [-0.05, 0) is 44.9 Å². The van der Waals surface area contributed by atoms with Crippen molar-refractivity contribution in [1.82, 2.24) is 14.8 Å². The van der Waals surface area contributed by atoms with Crippen LogP contribution < -0.4 is 0 Å². The van der Waals surface area contributed by atoms with Crippen molar-refractivity contribution in [2.75, 3.05) is 26.2 Å². The maximum Gasteiger partial charge on any atom is 0.256 e. The molecule has 6 heteroatoms. The molecule has 2 amide bonds. The van der Waals surface area contributed by atoms with E-state index in [1.165, 1.54) is 0 Å². The summed E-state index contributed by atoms with van der Waals surface area (Å²) in [6.07, 6.45) is 3.09. The van der Waals surface area contributed by atoms with E-state index < -0.39 is 0 Å². The van der Waals surface area contributed by atoms with E-state index in [9.17, 15) is 9.59 Å². The summed E-state index contributed by atoms with van der Waals surface area (Å²) in [5.74, 6) is 0.148. The van der Waals surface area contributed by atoms with Crippen LogP contribution in [-0.2, 0) is 4.79 Å². The molecule has 2 heterocycles. The lowest BCUT2D eigenvalue weighted by molar-refractivity contribution is -0.136.